The molecule has 0 fully saturated rings. The molecule has 7 heteroatoms. The number of carbonyl (C=O) groups is 2. The summed E-state index contributed by atoms with van der Waals surface area (Å²) in [6, 6.07) is 6.36. The molecule has 2 heterocycles. The van der Waals surface area contributed by atoms with Crippen molar-refractivity contribution in [2.45, 2.75) is 19.5 Å². The van der Waals surface area contributed by atoms with E-state index in [1.165, 1.54) is 6.26 Å². The summed E-state index contributed by atoms with van der Waals surface area (Å²) >= 11 is 0. The van der Waals surface area contributed by atoms with Gasteiger partial charge in [-0.1, -0.05) is 0 Å². The predicted octanol–water partition coefficient (Wildman–Crippen LogP) is 1.55. The molecule has 0 aliphatic heterocycles. The normalized spacial score (nSPS) is 11.9. The molecule has 2 aromatic rings. The Hall–Kier alpha value is -2.54. The number of hydrogen-bond acceptors (Lipinski definition) is 5. The highest BCUT2D eigenvalue weighted by Crippen LogP contribution is 2.11. The standard InChI is InChI=1S/C14H17N3O4/c1-10(12-5-3-7-21-12)15-9-13(18)17-14(19)16-8-11-4-2-6-20-11/h2-7,10,15H,8-9H2,1H3,(H2,16,17,18,19)/t10-/m0/s1. The van der Waals surface area contributed by atoms with Crippen LogP contribution < -0.4 is 16.0 Å². The van der Waals surface area contributed by atoms with Gasteiger partial charge in [-0.15, -0.1) is 0 Å². The van der Waals surface area contributed by atoms with Crippen LogP contribution in [0, 0.1) is 0 Å². The van der Waals surface area contributed by atoms with E-state index in [-0.39, 0.29) is 19.1 Å². The molecule has 0 saturated heterocycles. The maximum atomic E-state index is 11.6. The lowest BCUT2D eigenvalue weighted by molar-refractivity contribution is -0.119. The molecule has 0 bridgehead atoms. The van der Waals surface area contributed by atoms with E-state index in [4.69, 9.17) is 8.83 Å². The summed E-state index contributed by atoms with van der Waals surface area (Å²) in [6.07, 6.45) is 3.08. The molecule has 0 radical (unpaired) electrons. The van der Waals surface area contributed by atoms with E-state index in [0.29, 0.717) is 5.76 Å². The molecule has 0 aromatic carbocycles. The highest BCUT2D eigenvalue weighted by Gasteiger charge is 2.11. The number of carbonyl (C=O) groups excluding carboxylic acids is 2. The van der Waals surface area contributed by atoms with Gasteiger partial charge in [-0.05, 0) is 31.2 Å². The van der Waals surface area contributed by atoms with E-state index in [1.807, 2.05) is 13.0 Å². The van der Waals surface area contributed by atoms with E-state index in [9.17, 15) is 9.59 Å². The Morgan fingerprint density at radius 1 is 1.19 bits per heavy atom. The van der Waals surface area contributed by atoms with Crippen LogP contribution in [0.2, 0.25) is 0 Å². The third kappa shape index (κ3) is 4.81. The maximum absolute atomic E-state index is 11.6. The Bertz CT molecular complexity index is 563. The van der Waals surface area contributed by atoms with Crippen molar-refractivity contribution in [3.05, 3.63) is 48.3 Å². The summed E-state index contributed by atoms with van der Waals surface area (Å²) in [6.45, 7) is 2.10. The molecular weight excluding hydrogens is 274 g/mol. The van der Waals surface area contributed by atoms with Crippen LogP contribution in [0.3, 0.4) is 0 Å². The van der Waals surface area contributed by atoms with Gasteiger partial charge in [0.1, 0.15) is 11.5 Å². The van der Waals surface area contributed by atoms with Crippen LogP contribution in [0.4, 0.5) is 4.79 Å². The third-order valence-electron chi connectivity index (χ3n) is 2.79. The van der Waals surface area contributed by atoms with Crippen molar-refractivity contribution in [3.63, 3.8) is 0 Å². The SMILES string of the molecule is C[C@H](NCC(=O)NC(=O)NCc1ccco1)c1ccco1. The molecule has 0 aliphatic rings. The first-order valence-electron chi connectivity index (χ1n) is 6.52. The van der Waals surface area contributed by atoms with Crippen LogP contribution in [-0.4, -0.2) is 18.5 Å². The Kier molecular flexibility index (Phi) is 5.16. The molecule has 2 aromatic heterocycles. The fourth-order valence-corrected chi connectivity index (χ4v) is 1.68. The topological polar surface area (TPSA) is 96.5 Å². The van der Waals surface area contributed by atoms with Gasteiger partial charge in [-0.3, -0.25) is 15.4 Å². The van der Waals surface area contributed by atoms with Crippen molar-refractivity contribution < 1.29 is 18.4 Å². The van der Waals surface area contributed by atoms with E-state index >= 15 is 0 Å². The Labute approximate surface area is 121 Å². The summed E-state index contributed by atoms with van der Waals surface area (Å²) in [5, 5.41) is 7.69. The van der Waals surface area contributed by atoms with E-state index in [1.54, 1.807) is 24.5 Å². The van der Waals surface area contributed by atoms with Crippen LogP contribution in [0.1, 0.15) is 24.5 Å². The lowest BCUT2D eigenvalue weighted by atomic mass is 10.2. The monoisotopic (exact) mass is 291 g/mol. The average Bonchev–Trinajstić information content (AvgIpc) is 3.15. The first kappa shape index (κ1) is 14.9. The van der Waals surface area contributed by atoms with Crippen LogP contribution in [0.5, 0.6) is 0 Å². The predicted molar refractivity (Wildman–Crippen MR) is 74.2 cm³/mol. The zero-order valence-electron chi connectivity index (χ0n) is 11.6. The number of amides is 3. The number of rotatable bonds is 6. The average molecular weight is 291 g/mol. The Morgan fingerprint density at radius 2 is 1.95 bits per heavy atom. The zero-order valence-corrected chi connectivity index (χ0v) is 11.6. The molecular formula is C14H17N3O4. The second kappa shape index (κ2) is 7.30. The molecule has 7 nitrogen and oxygen atoms in total. The van der Waals surface area contributed by atoms with Gasteiger partial charge in [0, 0.05) is 0 Å². The second-order valence-corrected chi connectivity index (χ2v) is 4.43. The molecule has 112 valence electrons. The van der Waals surface area contributed by atoms with Crippen molar-refractivity contribution in [1.29, 1.82) is 0 Å². The number of furan rings is 2. The van der Waals surface area contributed by atoms with Crippen LogP contribution in [0.25, 0.3) is 0 Å². The van der Waals surface area contributed by atoms with Crippen LogP contribution in [-0.2, 0) is 11.3 Å². The van der Waals surface area contributed by atoms with Gasteiger partial charge in [-0.25, -0.2) is 4.79 Å². The number of nitrogens with one attached hydrogen (secondary N) is 3. The smallest absolute Gasteiger partial charge is 0.321 e. The quantitative estimate of drug-likeness (QED) is 0.750. The zero-order chi connectivity index (χ0) is 15.1. The van der Waals surface area contributed by atoms with Crippen molar-refractivity contribution in [1.82, 2.24) is 16.0 Å². The van der Waals surface area contributed by atoms with Gasteiger partial charge >= 0.3 is 6.03 Å². The largest absolute Gasteiger partial charge is 0.468 e. The first-order chi connectivity index (χ1) is 10.1. The maximum Gasteiger partial charge on any atom is 0.321 e. The fraction of sp³-hybridized carbons (Fsp3) is 0.286. The van der Waals surface area contributed by atoms with Crippen molar-refractivity contribution in [2.24, 2.45) is 0 Å². The summed E-state index contributed by atoms with van der Waals surface area (Å²) in [5.74, 6) is 0.914. The van der Waals surface area contributed by atoms with Gasteiger partial charge in [-0.2, -0.15) is 0 Å². The van der Waals surface area contributed by atoms with Crippen LogP contribution >= 0.6 is 0 Å². The fourth-order valence-electron chi connectivity index (χ4n) is 1.68. The molecule has 3 amide bonds. The van der Waals surface area contributed by atoms with E-state index in [0.717, 1.165) is 5.76 Å². The molecule has 0 saturated carbocycles. The summed E-state index contributed by atoms with van der Waals surface area (Å²) < 4.78 is 10.3. The van der Waals surface area contributed by atoms with E-state index in [2.05, 4.69) is 16.0 Å². The summed E-state index contributed by atoms with van der Waals surface area (Å²) in [7, 11) is 0. The molecule has 1 atom stereocenters. The van der Waals surface area contributed by atoms with Crippen molar-refractivity contribution in [2.75, 3.05) is 6.54 Å². The van der Waals surface area contributed by atoms with Gasteiger partial charge in [0.2, 0.25) is 5.91 Å². The lowest BCUT2D eigenvalue weighted by Gasteiger charge is -2.11. The number of hydrogen-bond donors (Lipinski definition) is 3. The van der Waals surface area contributed by atoms with Gasteiger partial charge < -0.3 is 14.2 Å². The number of imide groups is 1. The number of urea groups is 1. The Morgan fingerprint density at radius 3 is 2.62 bits per heavy atom. The minimum absolute atomic E-state index is 0.00996. The van der Waals surface area contributed by atoms with Gasteiger partial charge in [0.05, 0.1) is 31.7 Å². The summed E-state index contributed by atoms with van der Waals surface area (Å²) in [5.41, 5.74) is 0. The van der Waals surface area contributed by atoms with Gasteiger partial charge in [0.15, 0.2) is 0 Å². The van der Waals surface area contributed by atoms with E-state index < -0.39 is 11.9 Å². The third-order valence-corrected chi connectivity index (χ3v) is 2.79. The highest BCUT2D eigenvalue weighted by atomic mass is 16.3. The minimum atomic E-state index is -0.566. The molecule has 0 unspecified atom stereocenters. The molecule has 2 rings (SSSR count). The molecule has 0 aliphatic carbocycles. The van der Waals surface area contributed by atoms with Crippen LogP contribution in [0.15, 0.2) is 45.6 Å². The van der Waals surface area contributed by atoms with Crippen molar-refractivity contribution in [3.8, 4) is 0 Å². The molecule has 3 N–H and O–H groups in total. The minimum Gasteiger partial charge on any atom is -0.468 e. The van der Waals surface area contributed by atoms with Gasteiger partial charge in [0.25, 0.3) is 0 Å². The summed E-state index contributed by atoms with van der Waals surface area (Å²) in [4.78, 5) is 23.1. The lowest BCUT2D eigenvalue weighted by Crippen LogP contribution is -2.43. The molecule has 0 spiro atoms. The second-order valence-electron chi connectivity index (χ2n) is 4.43. The molecule has 21 heavy (non-hydrogen) atoms. The Balaban J connectivity index is 1.65. The highest BCUT2D eigenvalue weighted by molar-refractivity contribution is 5.95. The first-order valence-corrected chi connectivity index (χ1v) is 6.52. The van der Waals surface area contributed by atoms with Crippen molar-refractivity contribution >= 4 is 11.9 Å².